The van der Waals surface area contributed by atoms with Crippen LogP contribution in [0.3, 0.4) is 0 Å². The van der Waals surface area contributed by atoms with Gasteiger partial charge < -0.3 is 0 Å². The molecule has 3 nitrogen and oxygen atoms in total. The van der Waals surface area contributed by atoms with E-state index in [9.17, 15) is 0 Å². The van der Waals surface area contributed by atoms with Crippen LogP contribution in [0.25, 0.3) is 11.4 Å². The van der Waals surface area contributed by atoms with Crippen molar-refractivity contribution in [1.29, 1.82) is 0 Å². The van der Waals surface area contributed by atoms with Gasteiger partial charge in [0, 0.05) is 17.1 Å². The van der Waals surface area contributed by atoms with E-state index in [2.05, 4.69) is 28.6 Å². The SMILES string of the molecule is CCCC[C@H](C)Cn1c(-c2ccc(Cl)cc2)n[nH]c1=S. The molecule has 0 aliphatic carbocycles. The summed E-state index contributed by atoms with van der Waals surface area (Å²) in [7, 11) is 0. The quantitative estimate of drug-likeness (QED) is 0.754. The third-order valence-electron chi connectivity index (χ3n) is 3.41. The second-order valence-electron chi connectivity index (χ2n) is 5.22. The van der Waals surface area contributed by atoms with Crippen LogP contribution in [0.1, 0.15) is 33.1 Å². The van der Waals surface area contributed by atoms with Gasteiger partial charge in [0.1, 0.15) is 0 Å². The van der Waals surface area contributed by atoms with Crippen LogP contribution in [0.15, 0.2) is 24.3 Å². The van der Waals surface area contributed by atoms with Crippen LogP contribution >= 0.6 is 23.8 Å². The summed E-state index contributed by atoms with van der Waals surface area (Å²) >= 11 is 11.3. The Bertz CT molecular complexity index is 600. The number of hydrogen-bond acceptors (Lipinski definition) is 2. The predicted octanol–water partition coefficient (Wildman–Crippen LogP) is 5.09. The van der Waals surface area contributed by atoms with Gasteiger partial charge in [-0.3, -0.25) is 9.67 Å². The zero-order valence-corrected chi connectivity index (χ0v) is 13.5. The van der Waals surface area contributed by atoms with Crippen molar-refractivity contribution in [3.63, 3.8) is 0 Å². The van der Waals surface area contributed by atoms with Crippen molar-refractivity contribution in [3.8, 4) is 11.4 Å². The van der Waals surface area contributed by atoms with E-state index in [0.717, 1.165) is 23.0 Å². The highest BCUT2D eigenvalue weighted by Crippen LogP contribution is 2.21. The number of unbranched alkanes of at least 4 members (excludes halogenated alkanes) is 1. The minimum absolute atomic E-state index is 0.588. The number of nitrogens with zero attached hydrogens (tertiary/aromatic N) is 2. The topological polar surface area (TPSA) is 33.6 Å². The smallest absolute Gasteiger partial charge is 0.195 e. The number of nitrogens with one attached hydrogen (secondary N) is 1. The standard InChI is InChI=1S/C15H20ClN3S/c1-3-4-5-11(2)10-19-14(17-18-15(19)20)12-6-8-13(16)9-7-12/h6-9,11H,3-5,10H2,1-2H3,(H,18,20)/t11-/m0/s1. The summed E-state index contributed by atoms with van der Waals surface area (Å²) in [6.07, 6.45) is 3.69. The van der Waals surface area contributed by atoms with Gasteiger partial charge in [-0.1, -0.05) is 38.3 Å². The first-order valence-corrected chi connectivity index (χ1v) is 7.81. The fourth-order valence-electron chi connectivity index (χ4n) is 2.26. The van der Waals surface area contributed by atoms with E-state index in [-0.39, 0.29) is 0 Å². The molecule has 0 radical (unpaired) electrons. The molecule has 0 unspecified atom stereocenters. The lowest BCUT2D eigenvalue weighted by Crippen LogP contribution is -2.09. The maximum Gasteiger partial charge on any atom is 0.195 e. The minimum atomic E-state index is 0.588. The Balaban J connectivity index is 2.23. The van der Waals surface area contributed by atoms with E-state index in [1.807, 2.05) is 24.3 Å². The second kappa shape index (κ2) is 7.04. The summed E-state index contributed by atoms with van der Waals surface area (Å²) in [5, 5.41) is 7.97. The molecular weight excluding hydrogens is 290 g/mol. The van der Waals surface area contributed by atoms with Crippen molar-refractivity contribution in [1.82, 2.24) is 14.8 Å². The molecule has 0 aliphatic rings. The summed E-state index contributed by atoms with van der Waals surface area (Å²) < 4.78 is 2.76. The number of benzene rings is 1. The molecule has 1 N–H and O–H groups in total. The summed E-state index contributed by atoms with van der Waals surface area (Å²) in [6.45, 7) is 5.37. The van der Waals surface area contributed by atoms with Crippen molar-refractivity contribution in [2.24, 2.45) is 5.92 Å². The van der Waals surface area contributed by atoms with Crippen LogP contribution in [0, 0.1) is 10.7 Å². The summed E-state index contributed by atoms with van der Waals surface area (Å²) in [6, 6.07) is 7.69. The van der Waals surface area contributed by atoms with Gasteiger partial charge in [0.2, 0.25) is 0 Å². The molecule has 0 saturated carbocycles. The van der Waals surface area contributed by atoms with Crippen LogP contribution in [-0.2, 0) is 6.54 Å². The monoisotopic (exact) mass is 309 g/mol. The molecule has 0 spiro atoms. The van der Waals surface area contributed by atoms with Crippen molar-refractivity contribution in [2.45, 2.75) is 39.7 Å². The number of aromatic nitrogens is 3. The van der Waals surface area contributed by atoms with E-state index < -0.39 is 0 Å². The Morgan fingerprint density at radius 1 is 1.35 bits per heavy atom. The highest BCUT2D eigenvalue weighted by atomic mass is 35.5. The van der Waals surface area contributed by atoms with Gasteiger partial charge in [-0.2, -0.15) is 5.10 Å². The van der Waals surface area contributed by atoms with Gasteiger partial charge in [0.05, 0.1) is 0 Å². The molecule has 1 atom stereocenters. The normalized spacial score (nSPS) is 12.6. The van der Waals surface area contributed by atoms with Crippen LogP contribution in [0.4, 0.5) is 0 Å². The van der Waals surface area contributed by atoms with Gasteiger partial charge in [0.15, 0.2) is 10.6 Å². The predicted molar refractivity (Wildman–Crippen MR) is 86.5 cm³/mol. The molecule has 0 fully saturated rings. The highest BCUT2D eigenvalue weighted by molar-refractivity contribution is 7.71. The third-order valence-corrected chi connectivity index (χ3v) is 3.97. The second-order valence-corrected chi connectivity index (χ2v) is 6.04. The largest absolute Gasteiger partial charge is 0.300 e. The lowest BCUT2D eigenvalue weighted by Gasteiger charge is -2.13. The molecule has 108 valence electrons. The number of rotatable bonds is 6. The van der Waals surface area contributed by atoms with E-state index in [4.69, 9.17) is 23.8 Å². The van der Waals surface area contributed by atoms with Crippen molar-refractivity contribution in [2.75, 3.05) is 0 Å². The summed E-state index contributed by atoms with van der Waals surface area (Å²) in [5.74, 6) is 1.47. The first kappa shape index (κ1) is 15.3. The molecule has 0 saturated heterocycles. The number of aromatic amines is 1. The maximum atomic E-state index is 5.93. The fraction of sp³-hybridized carbons (Fsp3) is 0.467. The Morgan fingerprint density at radius 2 is 2.05 bits per heavy atom. The first-order valence-electron chi connectivity index (χ1n) is 7.03. The average Bonchev–Trinajstić information content (AvgIpc) is 2.79. The van der Waals surface area contributed by atoms with Crippen molar-refractivity contribution >= 4 is 23.8 Å². The maximum absolute atomic E-state index is 5.93. The first-order chi connectivity index (χ1) is 9.61. The molecule has 0 aliphatic heterocycles. The van der Waals surface area contributed by atoms with Crippen LogP contribution in [-0.4, -0.2) is 14.8 Å². The van der Waals surface area contributed by atoms with E-state index in [1.54, 1.807) is 0 Å². The fourth-order valence-corrected chi connectivity index (χ4v) is 2.59. The van der Waals surface area contributed by atoms with E-state index in [1.165, 1.54) is 19.3 Å². The van der Waals surface area contributed by atoms with Crippen LogP contribution in [0.5, 0.6) is 0 Å². The number of halogens is 1. The molecule has 0 amide bonds. The average molecular weight is 310 g/mol. The molecule has 2 rings (SSSR count). The van der Waals surface area contributed by atoms with Gasteiger partial charge >= 0.3 is 0 Å². The van der Waals surface area contributed by atoms with Crippen LogP contribution in [0.2, 0.25) is 5.02 Å². The Hall–Kier alpha value is -1.13. The van der Waals surface area contributed by atoms with E-state index >= 15 is 0 Å². The lowest BCUT2D eigenvalue weighted by molar-refractivity contribution is 0.434. The molecular formula is C15H20ClN3S. The van der Waals surface area contributed by atoms with Crippen molar-refractivity contribution in [3.05, 3.63) is 34.1 Å². The number of hydrogen-bond donors (Lipinski definition) is 1. The molecule has 2 aromatic rings. The highest BCUT2D eigenvalue weighted by Gasteiger charge is 2.11. The molecule has 1 aromatic carbocycles. The minimum Gasteiger partial charge on any atom is -0.300 e. The van der Waals surface area contributed by atoms with Crippen LogP contribution < -0.4 is 0 Å². The Labute approximate surface area is 130 Å². The summed E-state index contributed by atoms with van der Waals surface area (Å²) in [4.78, 5) is 0. The molecule has 20 heavy (non-hydrogen) atoms. The van der Waals surface area contributed by atoms with Crippen molar-refractivity contribution < 1.29 is 0 Å². The molecule has 5 heteroatoms. The van der Waals surface area contributed by atoms with Gasteiger partial charge in [-0.15, -0.1) is 0 Å². The van der Waals surface area contributed by atoms with E-state index in [0.29, 0.717) is 10.7 Å². The lowest BCUT2D eigenvalue weighted by atomic mass is 10.0. The number of H-pyrrole nitrogens is 1. The summed E-state index contributed by atoms with van der Waals surface area (Å²) in [5.41, 5.74) is 1.03. The molecule has 1 heterocycles. The third kappa shape index (κ3) is 3.70. The molecule has 1 aromatic heterocycles. The molecule has 0 bridgehead atoms. The Kier molecular flexibility index (Phi) is 5.38. The van der Waals surface area contributed by atoms with Gasteiger partial charge in [0.25, 0.3) is 0 Å². The van der Waals surface area contributed by atoms with Gasteiger partial charge in [-0.25, -0.2) is 0 Å². The zero-order chi connectivity index (χ0) is 14.5. The van der Waals surface area contributed by atoms with Gasteiger partial charge in [-0.05, 0) is 48.8 Å². The Morgan fingerprint density at radius 3 is 2.70 bits per heavy atom. The zero-order valence-electron chi connectivity index (χ0n) is 11.9.